The Morgan fingerprint density at radius 3 is 2.88 bits per heavy atom. The molecule has 3 rings (SSSR count). The number of ether oxygens (including phenoxy) is 1. The lowest BCUT2D eigenvalue weighted by molar-refractivity contribution is -0.124. The van der Waals surface area contributed by atoms with E-state index >= 15 is 0 Å². The molecule has 1 heterocycles. The van der Waals surface area contributed by atoms with Crippen LogP contribution < -0.4 is 15.7 Å². The molecule has 1 N–H and O–H groups in total. The Kier molecular flexibility index (Phi) is 4.88. The van der Waals surface area contributed by atoms with Crippen molar-refractivity contribution >= 4 is 16.9 Å². The van der Waals surface area contributed by atoms with Crippen LogP contribution in [0.15, 0.2) is 33.5 Å². The summed E-state index contributed by atoms with van der Waals surface area (Å²) in [4.78, 5) is 23.6. The van der Waals surface area contributed by atoms with Crippen molar-refractivity contribution in [2.45, 2.75) is 45.6 Å². The van der Waals surface area contributed by atoms with Gasteiger partial charge in [-0.15, -0.1) is 0 Å². The van der Waals surface area contributed by atoms with Crippen molar-refractivity contribution in [1.29, 1.82) is 0 Å². The second-order valence-corrected chi connectivity index (χ2v) is 6.63. The maximum Gasteiger partial charge on any atom is 0.336 e. The van der Waals surface area contributed by atoms with E-state index in [0.717, 1.165) is 23.8 Å². The average molecular weight is 329 g/mol. The molecule has 128 valence electrons. The molecule has 1 aliphatic rings. The van der Waals surface area contributed by atoms with E-state index in [9.17, 15) is 9.59 Å². The Morgan fingerprint density at radius 1 is 1.29 bits per heavy atom. The highest BCUT2D eigenvalue weighted by Gasteiger charge is 2.22. The molecule has 2 aromatic rings. The quantitative estimate of drug-likeness (QED) is 0.875. The molecule has 0 saturated heterocycles. The molecule has 1 aliphatic carbocycles. The standard InChI is InChI=1S/C19H23NO4/c1-12-5-3-4-6-16(12)20-18(21)11-23-14-7-8-15-13(2)9-19(22)24-17(15)10-14/h7-10,12,16H,3-6,11H2,1-2H3,(H,20,21)/t12-,16-/m0/s1. The van der Waals surface area contributed by atoms with Crippen LogP contribution in [0.3, 0.4) is 0 Å². The van der Waals surface area contributed by atoms with Crippen LogP contribution >= 0.6 is 0 Å². The number of hydrogen-bond acceptors (Lipinski definition) is 4. The zero-order chi connectivity index (χ0) is 17.1. The number of nitrogens with one attached hydrogen (secondary N) is 1. The molecular weight excluding hydrogens is 306 g/mol. The number of amides is 1. The zero-order valence-corrected chi connectivity index (χ0v) is 14.1. The van der Waals surface area contributed by atoms with Gasteiger partial charge in [-0.1, -0.05) is 19.8 Å². The van der Waals surface area contributed by atoms with E-state index in [4.69, 9.17) is 9.15 Å². The van der Waals surface area contributed by atoms with Crippen LogP contribution in [-0.4, -0.2) is 18.6 Å². The summed E-state index contributed by atoms with van der Waals surface area (Å²) in [5.41, 5.74) is 0.941. The Bertz CT molecular complexity index is 796. The van der Waals surface area contributed by atoms with E-state index in [2.05, 4.69) is 12.2 Å². The summed E-state index contributed by atoms with van der Waals surface area (Å²) in [5.74, 6) is 0.920. The summed E-state index contributed by atoms with van der Waals surface area (Å²) in [6, 6.07) is 6.98. The van der Waals surface area contributed by atoms with Crippen molar-refractivity contribution in [3.8, 4) is 5.75 Å². The van der Waals surface area contributed by atoms with Crippen molar-refractivity contribution in [3.63, 3.8) is 0 Å². The van der Waals surface area contributed by atoms with E-state index in [1.165, 1.54) is 18.9 Å². The molecule has 0 bridgehead atoms. The third-order valence-corrected chi connectivity index (χ3v) is 4.75. The van der Waals surface area contributed by atoms with Gasteiger partial charge >= 0.3 is 5.63 Å². The normalized spacial score (nSPS) is 20.8. The third kappa shape index (κ3) is 3.78. The lowest BCUT2D eigenvalue weighted by Gasteiger charge is -2.29. The highest BCUT2D eigenvalue weighted by molar-refractivity contribution is 5.81. The fourth-order valence-electron chi connectivity index (χ4n) is 3.32. The maximum absolute atomic E-state index is 12.1. The molecule has 2 atom stereocenters. The van der Waals surface area contributed by atoms with Crippen LogP contribution in [0.4, 0.5) is 0 Å². The van der Waals surface area contributed by atoms with Crippen LogP contribution in [0.2, 0.25) is 0 Å². The number of rotatable bonds is 4. The van der Waals surface area contributed by atoms with Gasteiger partial charge < -0.3 is 14.5 Å². The van der Waals surface area contributed by atoms with Crippen molar-refractivity contribution in [2.24, 2.45) is 5.92 Å². The number of carbonyl (C=O) groups excluding carboxylic acids is 1. The zero-order valence-electron chi connectivity index (χ0n) is 14.1. The van der Waals surface area contributed by atoms with Crippen LogP contribution in [0.25, 0.3) is 11.0 Å². The summed E-state index contributed by atoms with van der Waals surface area (Å²) in [6.07, 6.45) is 4.60. The Hall–Kier alpha value is -2.30. The predicted octanol–water partition coefficient (Wildman–Crippen LogP) is 3.18. The number of benzene rings is 1. The lowest BCUT2D eigenvalue weighted by atomic mass is 9.86. The Labute approximate surface area is 141 Å². The van der Waals surface area contributed by atoms with Gasteiger partial charge in [-0.05, 0) is 43.4 Å². The minimum Gasteiger partial charge on any atom is -0.484 e. The Morgan fingerprint density at radius 2 is 2.08 bits per heavy atom. The molecule has 0 radical (unpaired) electrons. The van der Waals surface area contributed by atoms with Gasteiger partial charge in [0, 0.05) is 23.6 Å². The van der Waals surface area contributed by atoms with Gasteiger partial charge in [0.25, 0.3) is 5.91 Å². The van der Waals surface area contributed by atoms with Crippen molar-refractivity contribution < 1.29 is 13.9 Å². The first kappa shape index (κ1) is 16.6. The van der Waals surface area contributed by atoms with Gasteiger partial charge in [-0.3, -0.25) is 4.79 Å². The molecule has 0 aliphatic heterocycles. The minimum absolute atomic E-state index is 0.0369. The van der Waals surface area contributed by atoms with Gasteiger partial charge in [-0.25, -0.2) is 4.79 Å². The molecule has 5 heteroatoms. The molecule has 1 aromatic carbocycles. The van der Waals surface area contributed by atoms with E-state index in [-0.39, 0.29) is 24.2 Å². The first-order chi connectivity index (χ1) is 11.5. The molecule has 5 nitrogen and oxygen atoms in total. The highest BCUT2D eigenvalue weighted by Crippen LogP contribution is 2.24. The Balaban J connectivity index is 1.62. The molecule has 1 aromatic heterocycles. The van der Waals surface area contributed by atoms with Crippen molar-refractivity contribution in [2.75, 3.05) is 6.61 Å². The molecule has 1 fully saturated rings. The van der Waals surface area contributed by atoms with E-state index in [0.29, 0.717) is 17.3 Å². The second-order valence-electron chi connectivity index (χ2n) is 6.63. The summed E-state index contributed by atoms with van der Waals surface area (Å²) < 4.78 is 10.7. The van der Waals surface area contributed by atoms with E-state index in [1.807, 2.05) is 13.0 Å². The molecule has 0 spiro atoms. The van der Waals surface area contributed by atoms with Crippen LogP contribution in [0.1, 0.15) is 38.2 Å². The van der Waals surface area contributed by atoms with Crippen LogP contribution in [-0.2, 0) is 4.79 Å². The van der Waals surface area contributed by atoms with Gasteiger partial charge in [0.05, 0.1) is 0 Å². The van der Waals surface area contributed by atoms with Crippen LogP contribution in [0, 0.1) is 12.8 Å². The fourth-order valence-corrected chi connectivity index (χ4v) is 3.32. The predicted molar refractivity (Wildman–Crippen MR) is 92.3 cm³/mol. The molecule has 24 heavy (non-hydrogen) atoms. The smallest absolute Gasteiger partial charge is 0.336 e. The SMILES string of the molecule is Cc1cc(=O)oc2cc(OCC(=O)N[C@H]3CCCC[C@@H]3C)ccc12. The molecule has 0 unspecified atom stereocenters. The number of aryl methyl sites for hydroxylation is 1. The highest BCUT2D eigenvalue weighted by atomic mass is 16.5. The van der Waals surface area contributed by atoms with Gasteiger partial charge in [0.15, 0.2) is 6.61 Å². The number of fused-ring (bicyclic) bond motifs is 1. The lowest BCUT2D eigenvalue weighted by Crippen LogP contribution is -2.43. The number of carbonyl (C=O) groups is 1. The topological polar surface area (TPSA) is 68.5 Å². The third-order valence-electron chi connectivity index (χ3n) is 4.75. The average Bonchev–Trinajstić information content (AvgIpc) is 2.54. The van der Waals surface area contributed by atoms with Crippen molar-refractivity contribution in [1.82, 2.24) is 5.32 Å². The summed E-state index contributed by atoms with van der Waals surface area (Å²) in [5, 5.41) is 3.92. The van der Waals surface area contributed by atoms with Gasteiger partial charge in [-0.2, -0.15) is 0 Å². The van der Waals surface area contributed by atoms with Gasteiger partial charge in [0.2, 0.25) is 0 Å². The summed E-state index contributed by atoms with van der Waals surface area (Å²) in [6.45, 7) is 4.00. The first-order valence-corrected chi connectivity index (χ1v) is 8.49. The minimum atomic E-state index is -0.388. The van der Waals surface area contributed by atoms with Crippen molar-refractivity contribution in [3.05, 3.63) is 40.2 Å². The van der Waals surface area contributed by atoms with Crippen LogP contribution in [0.5, 0.6) is 5.75 Å². The van der Waals surface area contributed by atoms with E-state index < -0.39 is 0 Å². The second kappa shape index (κ2) is 7.07. The fraction of sp³-hybridized carbons (Fsp3) is 0.474. The summed E-state index contributed by atoms with van der Waals surface area (Å²) in [7, 11) is 0. The molecule has 1 saturated carbocycles. The summed E-state index contributed by atoms with van der Waals surface area (Å²) >= 11 is 0. The largest absolute Gasteiger partial charge is 0.484 e. The first-order valence-electron chi connectivity index (χ1n) is 8.49. The number of hydrogen-bond donors (Lipinski definition) is 1. The monoisotopic (exact) mass is 329 g/mol. The molecular formula is C19H23NO4. The maximum atomic E-state index is 12.1. The van der Waals surface area contributed by atoms with Gasteiger partial charge in [0.1, 0.15) is 11.3 Å². The van der Waals surface area contributed by atoms with E-state index in [1.54, 1.807) is 12.1 Å². The molecule has 1 amide bonds.